The minimum absolute atomic E-state index is 0.324. The number of aliphatic carboxylic acids is 1. The summed E-state index contributed by atoms with van der Waals surface area (Å²) in [5, 5.41) is 9.40. The first kappa shape index (κ1) is 20.2. The highest BCUT2D eigenvalue weighted by Gasteiger charge is 2.33. The molecular formula is C21H22F3NO3. The second kappa shape index (κ2) is 8.22. The number of methoxy groups -OCH3 is 1. The summed E-state index contributed by atoms with van der Waals surface area (Å²) in [6, 6.07) is 12.1. The highest BCUT2D eigenvalue weighted by Crippen LogP contribution is 2.35. The number of hydrogen-bond acceptors (Lipinski definition) is 3. The molecule has 150 valence electrons. The Balaban J connectivity index is 1.97. The predicted molar refractivity (Wildman–Crippen MR) is 98.2 cm³/mol. The maximum absolute atomic E-state index is 12.9. The van der Waals surface area contributed by atoms with Crippen molar-refractivity contribution in [2.75, 3.05) is 20.2 Å². The van der Waals surface area contributed by atoms with Crippen LogP contribution < -0.4 is 4.74 Å². The molecule has 2 aromatic rings. The van der Waals surface area contributed by atoms with Gasteiger partial charge in [-0.2, -0.15) is 13.2 Å². The van der Waals surface area contributed by atoms with Crippen molar-refractivity contribution < 1.29 is 27.8 Å². The Hall–Kier alpha value is -2.54. The smallest absolute Gasteiger partial charge is 0.416 e. The number of rotatable bonds is 5. The fourth-order valence-corrected chi connectivity index (χ4v) is 3.70. The lowest BCUT2D eigenvalue weighted by atomic mass is 9.91. The quantitative estimate of drug-likeness (QED) is 0.807. The molecular weight excluding hydrogens is 371 g/mol. The van der Waals surface area contributed by atoms with Gasteiger partial charge in [0.25, 0.3) is 0 Å². The van der Waals surface area contributed by atoms with Crippen LogP contribution >= 0.6 is 0 Å². The van der Waals surface area contributed by atoms with Gasteiger partial charge in [0.05, 0.1) is 24.6 Å². The molecule has 2 unspecified atom stereocenters. The summed E-state index contributed by atoms with van der Waals surface area (Å²) < 4.78 is 44.0. The van der Waals surface area contributed by atoms with E-state index in [4.69, 9.17) is 4.74 Å². The first-order chi connectivity index (χ1) is 13.3. The Morgan fingerprint density at radius 3 is 2.18 bits per heavy atom. The fourth-order valence-electron chi connectivity index (χ4n) is 3.70. The first-order valence-electron chi connectivity index (χ1n) is 9.07. The molecule has 2 atom stereocenters. The normalized spacial score (nSPS) is 19.2. The van der Waals surface area contributed by atoms with E-state index in [0.717, 1.165) is 24.1 Å². The number of halogens is 3. The second-order valence-electron chi connectivity index (χ2n) is 6.97. The molecule has 0 amide bonds. The van der Waals surface area contributed by atoms with Crippen LogP contribution in [0.4, 0.5) is 13.2 Å². The summed E-state index contributed by atoms with van der Waals surface area (Å²) >= 11 is 0. The summed E-state index contributed by atoms with van der Waals surface area (Å²) in [6.07, 6.45) is -3.06. The molecule has 0 radical (unpaired) electrons. The molecule has 4 nitrogen and oxygen atoms in total. The van der Waals surface area contributed by atoms with Crippen LogP contribution in [0.5, 0.6) is 5.75 Å². The molecule has 0 bridgehead atoms. The summed E-state index contributed by atoms with van der Waals surface area (Å²) in [6.45, 7) is 1.04. The van der Waals surface area contributed by atoms with Gasteiger partial charge in [-0.1, -0.05) is 24.3 Å². The van der Waals surface area contributed by atoms with E-state index in [2.05, 4.69) is 0 Å². The molecule has 1 N–H and O–H groups in total. The van der Waals surface area contributed by atoms with Crippen molar-refractivity contribution in [2.24, 2.45) is 5.92 Å². The van der Waals surface area contributed by atoms with Crippen molar-refractivity contribution in [2.45, 2.75) is 25.1 Å². The lowest BCUT2D eigenvalue weighted by Gasteiger charge is -2.37. The number of carboxylic acid groups (broad SMARTS) is 1. The molecule has 0 aromatic heterocycles. The van der Waals surface area contributed by atoms with Crippen LogP contribution in [0, 0.1) is 5.92 Å². The van der Waals surface area contributed by atoms with Crippen LogP contribution in [0.2, 0.25) is 0 Å². The molecule has 7 heteroatoms. The van der Waals surface area contributed by atoms with Crippen molar-refractivity contribution in [3.8, 4) is 5.75 Å². The van der Waals surface area contributed by atoms with Gasteiger partial charge in [0.2, 0.25) is 0 Å². The van der Waals surface area contributed by atoms with Gasteiger partial charge in [0.15, 0.2) is 0 Å². The van der Waals surface area contributed by atoms with Gasteiger partial charge in [-0.05, 0) is 54.8 Å². The Kier molecular flexibility index (Phi) is 5.93. The number of benzene rings is 2. The maximum atomic E-state index is 12.9. The second-order valence-corrected chi connectivity index (χ2v) is 6.97. The zero-order valence-corrected chi connectivity index (χ0v) is 15.4. The first-order valence-corrected chi connectivity index (χ1v) is 9.07. The zero-order valence-electron chi connectivity index (χ0n) is 15.4. The summed E-state index contributed by atoms with van der Waals surface area (Å²) in [4.78, 5) is 13.5. The molecule has 0 spiro atoms. The number of piperidine rings is 1. The van der Waals surface area contributed by atoms with E-state index >= 15 is 0 Å². The number of nitrogens with zero attached hydrogens (tertiary/aromatic N) is 1. The molecule has 1 saturated heterocycles. The number of carbonyl (C=O) groups is 1. The highest BCUT2D eigenvalue weighted by atomic mass is 19.4. The van der Waals surface area contributed by atoms with Crippen LogP contribution in [-0.4, -0.2) is 36.2 Å². The van der Waals surface area contributed by atoms with Crippen molar-refractivity contribution >= 4 is 5.97 Å². The SMILES string of the molecule is COc1ccc(C(c2ccc(C(F)(F)F)cc2)N2CCCC(C(=O)O)C2)cc1. The minimum Gasteiger partial charge on any atom is -0.497 e. The molecule has 0 aliphatic carbocycles. The molecule has 1 heterocycles. The zero-order chi connectivity index (χ0) is 20.3. The summed E-state index contributed by atoms with van der Waals surface area (Å²) in [5.74, 6) is -0.647. The van der Waals surface area contributed by atoms with Gasteiger partial charge in [0, 0.05) is 6.54 Å². The maximum Gasteiger partial charge on any atom is 0.416 e. The number of hydrogen-bond donors (Lipinski definition) is 1. The van der Waals surface area contributed by atoms with E-state index in [1.54, 1.807) is 19.2 Å². The van der Waals surface area contributed by atoms with Crippen LogP contribution in [0.3, 0.4) is 0 Å². The standard InChI is InChI=1S/C21H22F3NO3/c1-28-18-10-6-15(7-11-18)19(25-12-2-3-16(13-25)20(26)27)14-4-8-17(9-5-14)21(22,23)24/h4-11,16,19H,2-3,12-13H2,1H3,(H,26,27). The topological polar surface area (TPSA) is 49.8 Å². The number of alkyl halides is 3. The van der Waals surface area contributed by atoms with E-state index in [0.29, 0.717) is 30.8 Å². The van der Waals surface area contributed by atoms with Crippen LogP contribution in [0.25, 0.3) is 0 Å². The lowest BCUT2D eigenvalue weighted by Crippen LogP contribution is -2.41. The van der Waals surface area contributed by atoms with Gasteiger partial charge < -0.3 is 9.84 Å². The van der Waals surface area contributed by atoms with E-state index in [1.165, 1.54) is 12.1 Å². The van der Waals surface area contributed by atoms with E-state index in [9.17, 15) is 23.1 Å². The Morgan fingerprint density at radius 1 is 1.11 bits per heavy atom. The molecule has 28 heavy (non-hydrogen) atoms. The number of ether oxygens (including phenoxy) is 1. The van der Waals surface area contributed by atoms with Gasteiger partial charge in [-0.3, -0.25) is 9.69 Å². The third kappa shape index (κ3) is 4.47. The van der Waals surface area contributed by atoms with Crippen molar-refractivity contribution in [1.29, 1.82) is 0 Å². The summed E-state index contributed by atoms with van der Waals surface area (Å²) in [5.41, 5.74) is 0.877. The van der Waals surface area contributed by atoms with Gasteiger partial charge in [-0.25, -0.2) is 0 Å². The van der Waals surface area contributed by atoms with Gasteiger partial charge in [0.1, 0.15) is 5.75 Å². The Bertz CT molecular complexity index is 803. The fraction of sp³-hybridized carbons (Fsp3) is 0.381. The van der Waals surface area contributed by atoms with Gasteiger partial charge in [-0.15, -0.1) is 0 Å². The average Bonchev–Trinajstić information content (AvgIpc) is 2.69. The van der Waals surface area contributed by atoms with Crippen molar-refractivity contribution in [3.63, 3.8) is 0 Å². The average molecular weight is 393 g/mol. The van der Waals surface area contributed by atoms with Crippen LogP contribution in [0.15, 0.2) is 48.5 Å². The predicted octanol–water partition coefficient (Wildman–Crippen LogP) is 4.60. The summed E-state index contributed by atoms with van der Waals surface area (Å²) in [7, 11) is 1.56. The van der Waals surface area contributed by atoms with Crippen molar-refractivity contribution in [1.82, 2.24) is 4.90 Å². The van der Waals surface area contributed by atoms with E-state index < -0.39 is 23.6 Å². The molecule has 1 aliphatic rings. The largest absolute Gasteiger partial charge is 0.497 e. The number of likely N-dealkylation sites (tertiary alicyclic amines) is 1. The molecule has 0 saturated carbocycles. The van der Waals surface area contributed by atoms with Crippen LogP contribution in [-0.2, 0) is 11.0 Å². The molecule has 1 aliphatic heterocycles. The van der Waals surface area contributed by atoms with Crippen molar-refractivity contribution in [3.05, 3.63) is 65.2 Å². The molecule has 1 fully saturated rings. The highest BCUT2D eigenvalue weighted by molar-refractivity contribution is 5.70. The lowest BCUT2D eigenvalue weighted by molar-refractivity contribution is -0.144. The Labute approximate surface area is 161 Å². The monoisotopic (exact) mass is 393 g/mol. The molecule has 3 rings (SSSR count). The third-order valence-electron chi connectivity index (χ3n) is 5.15. The minimum atomic E-state index is -4.40. The third-order valence-corrected chi connectivity index (χ3v) is 5.15. The van der Waals surface area contributed by atoms with E-state index in [-0.39, 0.29) is 6.04 Å². The van der Waals surface area contributed by atoms with E-state index in [1.807, 2.05) is 17.0 Å². The molecule has 2 aromatic carbocycles. The number of carboxylic acids is 1. The Morgan fingerprint density at radius 2 is 1.68 bits per heavy atom. The van der Waals surface area contributed by atoms with Gasteiger partial charge >= 0.3 is 12.1 Å². The van der Waals surface area contributed by atoms with Crippen LogP contribution in [0.1, 0.15) is 35.6 Å².